The van der Waals surface area contributed by atoms with E-state index in [9.17, 15) is 0 Å². The van der Waals surface area contributed by atoms with Crippen molar-refractivity contribution in [2.45, 2.75) is 20.8 Å². The molecule has 0 unspecified atom stereocenters. The zero-order valence-electron chi connectivity index (χ0n) is 13.4. The third-order valence-corrected chi connectivity index (χ3v) is 3.44. The van der Waals surface area contributed by atoms with Gasteiger partial charge in [0.1, 0.15) is 5.82 Å². The number of aromatic nitrogens is 1. The smallest absolute Gasteiger partial charge is 0.479 e. The summed E-state index contributed by atoms with van der Waals surface area (Å²) in [6, 6.07) is 10.4. The number of pyridine rings is 1. The van der Waals surface area contributed by atoms with E-state index in [1.165, 1.54) is 22.4 Å². The van der Waals surface area contributed by atoms with E-state index >= 15 is 0 Å². The maximum Gasteiger partial charge on any atom is 2.00 e. The Kier molecular flexibility index (Phi) is 6.35. The second-order valence-corrected chi connectivity index (χ2v) is 5.16. The number of hydrogen-bond donors (Lipinski definition) is 0. The summed E-state index contributed by atoms with van der Waals surface area (Å²) < 4.78 is 0. The average molecular weight is 386 g/mol. The fourth-order valence-corrected chi connectivity index (χ4v) is 2.71. The Morgan fingerprint density at radius 2 is 1.59 bits per heavy atom. The molecule has 2 aromatic rings. The monoisotopic (exact) mass is 385 g/mol. The molecular weight excluding hydrogens is 365 g/mol. The van der Waals surface area contributed by atoms with Gasteiger partial charge >= 0.3 is 20.4 Å². The second-order valence-electron chi connectivity index (χ2n) is 5.16. The van der Waals surface area contributed by atoms with Crippen molar-refractivity contribution in [2.24, 2.45) is 0 Å². The molecule has 0 bridgehead atoms. The molecule has 118 valence electrons. The van der Waals surface area contributed by atoms with Crippen LogP contribution < -0.4 is 9.80 Å². The number of anilines is 2. The van der Waals surface area contributed by atoms with Crippen LogP contribution in [0.3, 0.4) is 0 Å². The molecule has 2 heterocycles. The molecule has 0 N–H and O–H groups in total. The summed E-state index contributed by atoms with van der Waals surface area (Å²) in [6.07, 6.45) is 5.91. The van der Waals surface area contributed by atoms with Crippen molar-refractivity contribution >= 4 is 11.5 Å². The minimum Gasteiger partial charge on any atom is -0.479 e. The van der Waals surface area contributed by atoms with Crippen molar-refractivity contribution in [3.63, 3.8) is 0 Å². The Labute approximate surface area is 147 Å². The Bertz CT molecular complexity index is 630. The molecule has 3 rings (SSSR count). The summed E-state index contributed by atoms with van der Waals surface area (Å²) in [6.45, 7) is 8.50. The third-order valence-electron chi connectivity index (χ3n) is 3.44. The minimum absolute atomic E-state index is 0. The standard InChI is InChI=1S/C17H18N3.CH3.Pd/c1-13-10-14(2)17(15(3)11-13)20-9-8-19(12-20)16-6-4-5-7-18-16;;/h4-12H,1-3H3;1H3;/q2*-1;+2. The van der Waals surface area contributed by atoms with Crippen LogP contribution >= 0.6 is 0 Å². The molecule has 1 aromatic carbocycles. The normalized spacial score (nSPS) is 12.9. The maximum atomic E-state index is 4.36. The van der Waals surface area contributed by atoms with Gasteiger partial charge in [0.2, 0.25) is 0 Å². The van der Waals surface area contributed by atoms with Crippen molar-refractivity contribution in [2.75, 3.05) is 9.80 Å². The average Bonchev–Trinajstić information content (AvgIpc) is 2.88. The van der Waals surface area contributed by atoms with Crippen LogP contribution in [-0.4, -0.2) is 4.98 Å². The van der Waals surface area contributed by atoms with Gasteiger partial charge in [-0.2, -0.15) is 0 Å². The molecule has 0 saturated heterocycles. The fourth-order valence-electron chi connectivity index (χ4n) is 2.71. The minimum atomic E-state index is 0. The molecule has 1 aliphatic heterocycles. The Morgan fingerprint density at radius 3 is 2.18 bits per heavy atom. The van der Waals surface area contributed by atoms with E-state index < -0.39 is 0 Å². The molecule has 3 nitrogen and oxygen atoms in total. The predicted molar refractivity (Wildman–Crippen MR) is 89.7 cm³/mol. The molecular formula is C18H21N3Pd. The van der Waals surface area contributed by atoms with Crippen LogP contribution in [0, 0.1) is 34.9 Å². The molecule has 0 radical (unpaired) electrons. The van der Waals surface area contributed by atoms with Crippen LogP contribution in [0.25, 0.3) is 0 Å². The van der Waals surface area contributed by atoms with E-state index in [4.69, 9.17) is 0 Å². The number of benzene rings is 1. The topological polar surface area (TPSA) is 19.4 Å². The summed E-state index contributed by atoms with van der Waals surface area (Å²) in [4.78, 5) is 8.54. The summed E-state index contributed by atoms with van der Waals surface area (Å²) in [5.74, 6) is 0.925. The first-order valence-electron chi connectivity index (χ1n) is 6.74. The molecule has 22 heavy (non-hydrogen) atoms. The van der Waals surface area contributed by atoms with Gasteiger partial charge in [-0.25, -0.2) is 4.98 Å². The van der Waals surface area contributed by atoms with Crippen molar-refractivity contribution in [3.8, 4) is 0 Å². The summed E-state index contributed by atoms with van der Waals surface area (Å²) >= 11 is 0. The van der Waals surface area contributed by atoms with Crippen LogP contribution in [-0.2, 0) is 20.4 Å². The zero-order valence-corrected chi connectivity index (χ0v) is 14.9. The van der Waals surface area contributed by atoms with Crippen LogP contribution in [0.4, 0.5) is 11.5 Å². The molecule has 4 heteroatoms. The largest absolute Gasteiger partial charge is 2.00 e. The number of rotatable bonds is 2. The van der Waals surface area contributed by atoms with Crippen LogP contribution in [0.5, 0.6) is 0 Å². The van der Waals surface area contributed by atoms with Gasteiger partial charge in [-0.15, -0.1) is 6.67 Å². The summed E-state index contributed by atoms with van der Waals surface area (Å²) in [7, 11) is 0. The van der Waals surface area contributed by atoms with Gasteiger partial charge in [-0.1, -0.05) is 23.8 Å². The Balaban J connectivity index is 0.00000121. The van der Waals surface area contributed by atoms with Crippen LogP contribution in [0.2, 0.25) is 0 Å². The van der Waals surface area contributed by atoms with E-state index in [0.717, 1.165) is 5.82 Å². The van der Waals surface area contributed by atoms with Gasteiger partial charge in [-0.05, 0) is 56.4 Å². The van der Waals surface area contributed by atoms with Gasteiger partial charge in [0.25, 0.3) is 0 Å². The molecule has 1 aliphatic rings. The molecule has 0 fully saturated rings. The predicted octanol–water partition coefficient (Wildman–Crippen LogP) is 4.37. The number of hydrogen-bond acceptors (Lipinski definition) is 3. The molecule has 0 aliphatic carbocycles. The fraction of sp³-hybridized carbons (Fsp3) is 0.167. The third kappa shape index (κ3) is 3.58. The first kappa shape index (κ1) is 18.4. The van der Waals surface area contributed by atoms with Gasteiger partial charge in [0, 0.05) is 11.9 Å². The maximum absolute atomic E-state index is 4.36. The van der Waals surface area contributed by atoms with Crippen molar-refractivity contribution in [1.82, 2.24) is 4.98 Å². The molecule has 0 saturated carbocycles. The van der Waals surface area contributed by atoms with Crippen LogP contribution in [0.1, 0.15) is 16.7 Å². The van der Waals surface area contributed by atoms with Gasteiger partial charge < -0.3 is 17.2 Å². The van der Waals surface area contributed by atoms with E-state index in [-0.39, 0.29) is 27.8 Å². The SMILES string of the molecule is Cc1cc(C)c(N2C=CN(c3ccccn3)[CH-]2)c(C)c1.[CH3-].[Pd+2]. The quantitative estimate of drug-likeness (QED) is 0.565. The zero-order chi connectivity index (χ0) is 14.1. The van der Waals surface area contributed by atoms with Crippen molar-refractivity contribution < 1.29 is 20.4 Å². The number of aryl methyl sites for hydroxylation is 3. The summed E-state index contributed by atoms with van der Waals surface area (Å²) in [5.41, 5.74) is 5.11. The molecule has 0 atom stereocenters. The van der Waals surface area contributed by atoms with E-state index in [0.29, 0.717) is 0 Å². The molecule has 0 spiro atoms. The van der Waals surface area contributed by atoms with Gasteiger partial charge in [0.05, 0.1) is 0 Å². The number of nitrogens with zero attached hydrogens (tertiary/aromatic N) is 3. The Hall–Kier alpha value is -1.63. The van der Waals surface area contributed by atoms with Crippen LogP contribution in [0.15, 0.2) is 48.9 Å². The molecule has 0 amide bonds. The van der Waals surface area contributed by atoms with Gasteiger partial charge in [-0.3, -0.25) is 0 Å². The van der Waals surface area contributed by atoms with Crippen molar-refractivity contribution in [1.29, 1.82) is 0 Å². The van der Waals surface area contributed by atoms with Crippen molar-refractivity contribution in [3.05, 3.63) is 79.7 Å². The first-order valence-corrected chi connectivity index (χ1v) is 6.74. The van der Waals surface area contributed by atoms with E-state index in [1.54, 1.807) is 0 Å². The first-order chi connectivity index (χ1) is 9.65. The van der Waals surface area contributed by atoms with E-state index in [2.05, 4.69) is 55.7 Å². The van der Waals surface area contributed by atoms with E-state index in [1.807, 2.05) is 35.5 Å². The summed E-state index contributed by atoms with van der Waals surface area (Å²) in [5, 5.41) is 0. The van der Waals surface area contributed by atoms with Gasteiger partial charge in [0.15, 0.2) is 0 Å². The molecule has 1 aromatic heterocycles. The second kappa shape index (κ2) is 7.58. The Morgan fingerprint density at radius 1 is 0.955 bits per heavy atom.